The summed E-state index contributed by atoms with van der Waals surface area (Å²) in [6.07, 6.45) is 0. The number of ether oxygens (including phenoxy) is 3. The van der Waals surface area contributed by atoms with E-state index < -0.39 is 0 Å². The molecule has 0 fully saturated rings. The summed E-state index contributed by atoms with van der Waals surface area (Å²) in [5, 5.41) is 0. The number of fused-ring (bicyclic) bond motifs is 1. The van der Waals surface area contributed by atoms with Crippen LogP contribution in [0.1, 0.15) is 0 Å². The first-order valence-corrected chi connectivity index (χ1v) is 8.71. The number of nitrogen functional groups attached to an aromatic ring is 1. The zero-order valence-electron chi connectivity index (χ0n) is 15.9. The van der Waals surface area contributed by atoms with E-state index in [2.05, 4.69) is 4.98 Å². The second-order valence-corrected chi connectivity index (χ2v) is 6.18. The molecule has 1 aromatic heterocycles. The molecule has 0 amide bonds. The van der Waals surface area contributed by atoms with Gasteiger partial charge >= 0.3 is 0 Å². The van der Waals surface area contributed by atoms with Crippen LogP contribution in [0.2, 0.25) is 0 Å². The van der Waals surface area contributed by atoms with Crippen molar-refractivity contribution in [2.24, 2.45) is 0 Å². The summed E-state index contributed by atoms with van der Waals surface area (Å²) in [4.78, 5) is 4.66. The van der Waals surface area contributed by atoms with Gasteiger partial charge in [0.25, 0.3) is 0 Å². The van der Waals surface area contributed by atoms with Crippen molar-refractivity contribution in [2.75, 3.05) is 27.1 Å². The summed E-state index contributed by atoms with van der Waals surface area (Å²) < 4.78 is 22.6. The molecule has 6 nitrogen and oxygen atoms in total. The van der Waals surface area contributed by atoms with E-state index in [9.17, 15) is 0 Å². The predicted octanol–water partition coefficient (Wildman–Crippen LogP) is 4.77. The molecular weight excluding hydrogens is 356 g/mol. The third kappa shape index (κ3) is 2.89. The van der Waals surface area contributed by atoms with E-state index in [0.717, 1.165) is 16.6 Å². The second kappa shape index (κ2) is 7.15. The van der Waals surface area contributed by atoms with E-state index in [1.54, 1.807) is 27.4 Å². The zero-order chi connectivity index (χ0) is 19.7. The van der Waals surface area contributed by atoms with Gasteiger partial charge in [-0.25, -0.2) is 4.98 Å². The number of oxazole rings is 1. The number of benzene rings is 3. The minimum Gasteiger partial charge on any atom is -0.493 e. The topological polar surface area (TPSA) is 79.7 Å². The fourth-order valence-corrected chi connectivity index (χ4v) is 3.27. The third-order valence-electron chi connectivity index (χ3n) is 4.55. The Bertz CT molecular complexity index is 1150. The molecular formula is C22H20N2O4. The quantitative estimate of drug-likeness (QED) is 0.506. The normalized spacial score (nSPS) is 10.8. The zero-order valence-corrected chi connectivity index (χ0v) is 15.9. The van der Waals surface area contributed by atoms with Gasteiger partial charge in [-0.3, -0.25) is 0 Å². The molecule has 0 aliphatic carbocycles. The molecule has 142 valence electrons. The molecule has 1 heterocycles. The number of rotatable bonds is 5. The summed E-state index contributed by atoms with van der Waals surface area (Å²) in [5.74, 6) is 1.99. The molecule has 0 radical (unpaired) electrons. The van der Waals surface area contributed by atoms with E-state index >= 15 is 0 Å². The Balaban J connectivity index is 1.91. The molecule has 0 saturated heterocycles. The van der Waals surface area contributed by atoms with Crippen LogP contribution < -0.4 is 19.9 Å². The Morgan fingerprint density at radius 1 is 0.821 bits per heavy atom. The molecule has 4 rings (SSSR count). The Kier molecular flexibility index (Phi) is 4.53. The number of anilines is 1. The van der Waals surface area contributed by atoms with Gasteiger partial charge in [0.15, 0.2) is 17.1 Å². The molecule has 4 aromatic rings. The Morgan fingerprint density at radius 3 is 2.32 bits per heavy atom. The van der Waals surface area contributed by atoms with E-state index in [0.29, 0.717) is 40.0 Å². The lowest BCUT2D eigenvalue weighted by atomic mass is 10.0. The largest absolute Gasteiger partial charge is 0.493 e. The van der Waals surface area contributed by atoms with Crippen LogP contribution in [-0.2, 0) is 0 Å². The van der Waals surface area contributed by atoms with Crippen LogP contribution in [0.4, 0.5) is 5.69 Å². The molecule has 6 heteroatoms. The fraction of sp³-hybridized carbons (Fsp3) is 0.136. The van der Waals surface area contributed by atoms with Crippen LogP contribution in [0.25, 0.3) is 33.7 Å². The van der Waals surface area contributed by atoms with Crippen LogP contribution >= 0.6 is 0 Å². The van der Waals surface area contributed by atoms with E-state index in [1.165, 1.54) is 0 Å². The highest BCUT2D eigenvalue weighted by molar-refractivity contribution is 5.92. The fourth-order valence-electron chi connectivity index (χ4n) is 3.27. The molecule has 28 heavy (non-hydrogen) atoms. The average Bonchev–Trinajstić information content (AvgIpc) is 3.16. The van der Waals surface area contributed by atoms with Crippen molar-refractivity contribution >= 4 is 16.8 Å². The summed E-state index contributed by atoms with van der Waals surface area (Å²) in [5.41, 5.74) is 10.6. The molecule has 2 N–H and O–H groups in total. The predicted molar refractivity (Wildman–Crippen MR) is 109 cm³/mol. The average molecular weight is 376 g/mol. The van der Waals surface area contributed by atoms with Crippen LogP contribution in [0.5, 0.6) is 17.2 Å². The van der Waals surface area contributed by atoms with Crippen molar-refractivity contribution < 1.29 is 18.6 Å². The maximum Gasteiger partial charge on any atom is 0.231 e. The maximum atomic E-state index is 6.17. The van der Waals surface area contributed by atoms with E-state index in [4.69, 9.17) is 24.4 Å². The van der Waals surface area contributed by atoms with Crippen molar-refractivity contribution in [1.29, 1.82) is 0 Å². The second-order valence-electron chi connectivity index (χ2n) is 6.18. The highest BCUT2D eigenvalue weighted by Crippen LogP contribution is 2.45. The van der Waals surface area contributed by atoms with Crippen LogP contribution in [-0.4, -0.2) is 26.3 Å². The number of nitrogens with zero attached hydrogens (tertiary/aromatic N) is 1. The third-order valence-corrected chi connectivity index (χ3v) is 4.55. The lowest BCUT2D eigenvalue weighted by molar-refractivity contribution is 0.324. The smallest absolute Gasteiger partial charge is 0.231 e. The van der Waals surface area contributed by atoms with Crippen molar-refractivity contribution in [3.8, 4) is 39.8 Å². The van der Waals surface area contributed by atoms with E-state index in [1.807, 2.05) is 48.5 Å². The van der Waals surface area contributed by atoms with Gasteiger partial charge in [0.05, 0.1) is 26.9 Å². The molecule has 0 aliphatic heterocycles. The molecule has 0 bridgehead atoms. The van der Waals surface area contributed by atoms with Crippen molar-refractivity contribution in [3.63, 3.8) is 0 Å². The van der Waals surface area contributed by atoms with Crippen molar-refractivity contribution in [1.82, 2.24) is 4.98 Å². The highest BCUT2D eigenvalue weighted by Gasteiger charge is 2.21. The van der Waals surface area contributed by atoms with Crippen molar-refractivity contribution in [2.45, 2.75) is 0 Å². The number of para-hydroxylation sites is 1. The minimum atomic E-state index is 0.434. The van der Waals surface area contributed by atoms with E-state index in [-0.39, 0.29) is 0 Å². The first-order valence-electron chi connectivity index (χ1n) is 8.71. The molecule has 0 unspecified atom stereocenters. The number of nitrogens with two attached hydrogens (primary N) is 1. The monoisotopic (exact) mass is 376 g/mol. The van der Waals surface area contributed by atoms with Gasteiger partial charge < -0.3 is 24.4 Å². The molecule has 0 spiro atoms. The Labute approximate surface area is 162 Å². The van der Waals surface area contributed by atoms with Gasteiger partial charge in [-0.1, -0.05) is 24.3 Å². The Hall–Kier alpha value is -3.67. The van der Waals surface area contributed by atoms with Gasteiger partial charge in [-0.05, 0) is 35.9 Å². The first kappa shape index (κ1) is 17.7. The number of aromatic nitrogens is 1. The minimum absolute atomic E-state index is 0.434. The van der Waals surface area contributed by atoms with Crippen LogP contribution in [0.3, 0.4) is 0 Å². The van der Waals surface area contributed by atoms with Gasteiger partial charge in [0.1, 0.15) is 5.52 Å². The van der Waals surface area contributed by atoms with Gasteiger partial charge in [-0.2, -0.15) is 0 Å². The summed E-state index contributed by atoms with van der Waals surface area (Å²) >= 11 is 0. The van der Waals surface area contributed by atoms with Crippen molar-refractivity contribution in [3.05, 3.63) is 54.6 Å². The van der Waals surface area contributed by atoms with Crippen LogP contribution in [0, 0.1) is 0 Å². The lowest BCUT2D eigenvalue weighted by Gasteiger charge is -2.14. The molecule has 0 saturated carbocycles. The standard InChI is InChI=1S/C22H20N2O4/c1-25-18-11-10-16(20(26-2)21(18)27-3)22-24-17-9-5-8-15(19(17)28-22)13-6-4-7-14(23)12-13/h4-12H,23H2,1-3H3. The first-order chi connectivity index (χ1) is 13.7. The molecule has 0 aliphatic rings. The van der Waals surface area contributed by atoms with Gasteiger partial charge in [-0.15, -0.1) is 0 Å². The summed E-state index contributed by atoms with van der Waals surface area (Å²) in [6, 6.07) is 17.1. The highest BCUT2D eigenvalue weighted by atomic mass is 16.5. The van der Waals surface area contributed by atoms with Gasteiger partial charge in [0, 0.05) is 11.3 Å². The SMILES string of the molecule is COc1ccc(-c2nc3cccc(-c4cccc(N)c4)c3o2)c(OC)c1OC. The van der Waals surface area contributed by atoms with Crippen LogP contribution in [0.15, 0.2) is 59.0 Å². The lowest BCUT2D eigenvalue weighted by Crippen LogP contribution is -1.96. The number of hydrogen-bond acceptors (Lipinski definition) is 6. The maximum absolute atomic E-state index is 6.17. The molecule has 3 aromatic carbocycles. The molecule has 0 atom stereocenters. The Morgan fingerprint density at radius 2 is 1.61 bits per heavy atom. The number of hydrogen-bond donors (Lipinski definition) is 1. The summed E-state index contributed by atoms with van der Waals surface area (Å²) in [6.45, 7) is 0. The van der Waals surface area contributed by atoms with Gasteiger partial charge in [0.2, 0.25) is 11.6 Å². The summed E-state index contributed by atoms with van der Waals surface area (Å²) in [7, 11) is 4.71. The number of methoxy groups -OCH3 is 3.